The number of nitrogens with zero attached hydrogens (tertiary/aromatic N) is 2. The van der Waals surface area contributed by atoms with E-state index in [1.165, 1.54) is 11.1 Å². The van der Waals surface area contributed by atoms with Gasteiger partial charge in [-0.25, -0.2) is 0 Å². The van der Waals surface area contributed by atoms with E-state index in [0.29, 0.717) is 18.3 Å². The molecule has 0 saturated carbocycles. The number of amides is 1. The normalized spacial score (nSPS) is 18.4. The van der Waals surface area contributed by atoms with Crippen LogP contribution in [0.2, 0.25) is 0 Å². The minimum absolute atomic E-state index is 0.213. The van der Waals surface area contributed by atoms with Gasteiger partial charge in [0.25, 0.3) is 5.91 Å². The van der Waals surface area contributed by atoms with Gasteiger partial charge in [0.1, 0.15) is 5.69 Å². The molecule has 7 nitrogen and oxygen atoms in total. The number of carbonyl (C=O) groups is 1. The number of aliphatic hydroxyl groups is 1. The van der Waals surface area contributed by atoms with Crippen LogP contribution in [0, 0.1) is 0 Å². The van der Waals surface area contributed by atoms with Crippen LogP contribution in [0.3, 0.4) is 0 Å². The Balaban J connectivity index is 1.24. The van der Waals surface area contributed by atoms with Crippen molar-refractivity contribution in [3.63, 3.8) is 0 Å². The maximum Gasteiger partial charge on any atom is 0.270 e. The Labute approximate surface area is 177 Å². The molecule has 160 valence electrons. The summed E-state index contributed by atoms with van der Waals surface area (Å²) < 4.78 is 0. The van der Waals surface area contributed by atoms with Crippen molar-refractivity contribution < 1.29 is 9.90 Å². The summed E-state index contributed by atoms with van der Waals surface area (Å²) in [6.07, 6.45) is 4.17. The molecule has 1 atom stereocenters. The van der Waals surface area contributed by atoms with Crippen molar-refractivity contribution in [2.24, 2.45) is 0 Å². The van der Waals surface area contributed by atoms with Crippen LogP contribution in [0.4, 0.5) is 5.69 Å². The number of anilines is 1. The molecule has 4 N–H and O–H groups in total. The minimum atomic E-state index is -0.616. The quantitative estimate of drug-likeness (QED) is 0.553. The number of hydrogen-bond acceptors (Lipinski definition) is 6. The lowest BCUT2D eigenvalue weighted by molar-refractivity contribution is 0.0838. The van der Waals surface area contributed by atoms with Gasteiger partial charge in [0.15, 0.2) is 0 Å². The van der Waals surface area contributed by atoms with Gasteiger partial charge in [-0.05, 0) is 55.6 Å². The van der Waals surface area contributed by atoms with Gasteiger partial charge < -0.3 is 21.1 Å². The van der Waals surface area contributed by atoms with Crippen molar-refractivity contribution in [3.8, 4) is 0 Å². The molecule has 2 aliphatic rings. The standard InChI is InChI=1S/C23H31N5O2/c29-21(16-28-12-8-17-3-1-2-4-18(17)15-28)14-26-23(30)22-13-20(7-11-25-22)27-19-5-9-24-10-6-19/h1-4,7,11,13,19,21,24,29H,5-6,8-10,12,14-16H2,(H,25,27)(H,26,30)/t21-/m0/s1. The number of carbonyl (C=O) groups excluding carboxylic acids is 1. The minimum Gasteiger partial charge on any atom is -0.390 e. The molecule has 2 aliphatic heterocycles. The third-order valence-electron chi connectivity index (χ3n) is 5.88. The molecule has 0 bridgehead atoms. The Bertz CT molecular complexity index is 853. The first kappa shape index (κ1) is 20.8. The predicted molar refractivity (Wildman–Crippen MR) is 118 cm³/mol. The number of β-amino-alcohol motifs (C(OH)–C–C–N with tert-alkyl or cyclic N) is 1. The Hall–Kier alpha value is -2.48. The highest BCUT2D eigenvalue weighted by Gasteiger charge is 2.19. The molecule has 1 aromatic heterocycles. The molecule has 4 rings (SSSR count). The zero-order chi connectivity index (χ0) is 20.8. The lowest BCUT2D eigenvalue weighted by atomic mass is 10.00. The third-order valence-corrected chi connectivity index (χ3v) is 5.88. The number of rotatable bonds is 7. The van der Waals surface area contributed by atoms with Crippen LogP contribution in [-0.4, -0.2) is 65.8 Å². The number of benzene rings is 1. The maximum absolute atomic E-state index is 12.5. The Kier molecular flexibility index (Phi) is 6.94. The third kappa shape index (κ3) is 5.56. The summed E-state index contributed by atoms with van der Waals surface area (Å²) in [5, 5.41) is 20.1. The van der Waals surface area contributed by atoms with Gasteiger partial charge >= 0.3 is 0 Å². The van der Waals surface area contributed by atoms with Crippen LogP contribution >= 0.6 is 0 Å². The molecule has 1 fully saturated rings. The number of piperidine rings is 1. The molecule has 2 aromatic rings. The summed E-state index contributed by atoms with van der Waals surface area (Å²) >= 11 is 0. The molecule has 0 aliphatic carbocycles. The number of pyridine rings is 1. The van der Waals surface area contributed by atoms with Crippen LogP contribution in [0.1, 0.15) is 34.5 Å². The first-order chi connectivity index (χ1) is 14.7. The second kappa shape index (κ2) is 10.0. The van der Waals surface area contributed by atoms with Gasteiger partial charge in [0.2, 0.25) is 0 Å². The van der Waals surface area contributed by atoms with Crippen LogP contribution in [0.25, 0.3) is 0 Å². The van der Waals surface area contributed by atoms with Crippen molar-refractivity contribution in [2.45, 2.75) is 38.0 Å². The Morgan fingerprint density at radius 2 is 2.03 bits per heavy atom. The predicted octanol–water partition coefficient (Wildman–Crippen LogP) is 1.39. The van der Waals surface area contributed by atoms with Gasteiger partial charge in [-0.3, -0.25) is 14.7 Å². The van der Waals surface area contributed by atoms with Crippen molar-refractivity contribution in [1.29, 1.82) is 0 Å². The van der Waals surface area contributed by atoms with Gasteiger partial charge in [-0.15, -0.1) is 0 Å². The summed E-state index contributed by atoms with van der Waals surface area (Å²) in [7, 11) is 0. The van der Waals surface area contributed by atoms with Crippen molar-refractivity contribution in [1.82, 2.24) is 20.5 Å². The highest BCUT2D eigenvalue weighted by atomic mass is 16.3. The monoisotopic (exact) mass is 409 g/mol. The van der Waals surface area contributed by atoms with Gasteiger partial charge in [-0.2, -0.15) is 0 Å². The van der Waals surface area contributed by atoms with E-state index in [1.54, 1.807) is 12.3 Å². The van der Waals surface area contributed by atoms with E-state index in [1.807, 2.05) is 6.07 Å². The highest BCUT2D eigenvalue weighted by molar-refractivity contribution is 5.93. The molecule has 1 amide bonds. The molecule has 7 heteroatoms. The van der Waals surface area contributed by atoms with Gasteiger partial charge in [-0.1, -0.05) is 24.3 Å². The second-order valence-electron chi connectivity index (χ2n) is 8.22. The molecular formula is C23H31N5O2. The SMILES string of the molecule is O=C(NC[C@H](O)CN1CCc2ccccc2C1)c1cc(NC2CCNCC2)ccn1. The van der Waals surface area contributed by atoms with E-state index in [0.717, 1.165) is 51.1 Å². The lowest BCUT2D eigenvalue weighted by Gasteiger charge is -2.30. The fraction of sp³-hybridized carbons (Fsp3) is 0.478. The fourth-order valence-electron chi connectivity index (χ4n) is 4.22. The van der Waals surface area contributed by atoms with E-state index in [9.17, 15) is 9.90 Å². The van der Waals surface area contributed by atoms with E-state index >= 15 is 0 Å². The zero-order valence-electron chi connectivity index (χ0n) is 17.3. The topological polar surface area (TPSA) is 89.5 Å². The number of aliphatic hydroxyl groups excluding tert-OH is 1. The average molecular weight is 410 g/mol. The second-order valence-corrected chi connectivity index (χ2v) is 8.22. The van der Waals surface area contributed by atoms with E-state index < -0.39 is 6.10 Å². The summed E-state index contributed by atoms with van der Waals surface area (Å²) in [6, 6.07) is 12.5. The summed E-state index contributed by atoms with van der Waals surface area (Å²) in [6.45, 7) is 4.54. The summed E-state index contributed by atoms with van der Waals surface area (Å²) in [5.41, 5.74) is 3.99. The lowest BCUT2D eigenvalue weighted by Crippen LogP contribution is -2.42. The molecular weight excluding hydrogens is 378 g/mol. The van der Waals surface area contributed by atoms with E-state index in [2.05, 4.69) is 50.1 Å². The largest absolute Gasteiger partial charge is 0.390 e. The first-order valence-electron chi connectivity index (χ1n) is 10.9. The zero-order valence-corrected chi connectivity index (χ0v) is 17.3. The van der Waals surface area contributed by atoms with E-state index in [-0.39, 0.29) is 12.5 Å². The average Bonchev–Trinajstić information content (AvgIpc) is 2.78. The van der Waals surface area contributed by atoms with E-state index in [4.69, 9.17) is 0 Å². The molecule has 3 heterocycles. The molecule has 0 unspecified atom stereocenters. The summed E-state index contributed by atoms with van der Waals surface area (Å²) in [5.74, 6) is -0.257. The maximum atomic E-state index is 12.5. The van der Waals surface area contributed by atoms with Gasteiger partial charge in [0, 0.05) is 44.1 Å². The molecule has 30 heavy (non-hydrogen) atoms. The molecule has 1 aromatic carbocycles. The molecule has 0 radical (unpaired) electrons. The fourth-order valence-corrected chi connectivity index (χ4v) is 4.22. The van der Waals surface area contributed by atoms with Crippen molar-refractivity contribution >= 4 is 11.6 Å². The van der Waals surface area contributed by atoms with Crippen molar-refractivity contribution in [2.75, 3.05) is 38.0 Å². The number of aromatic nitrogens is 1. The highest BCUT2D eigenvalue weighted by Crippen LogP contribution is 2.18. The molecule has 0 spiro atoms. The molecule has 1 saturated heterocycles. The van der Waals surface area contributed by atoms with Crippen LogP contribution < -0.4 is 16.0 Å². The Morgan fingerprint density at radius 1 is 1.23 bits per heavy atom. The Morgan fingerprint density at radius 3 is 2.87 bits per heavy atom. The van der Waals surface area contributed by atoms with Crippen molar-refractivity contribution in [3.05, 3.63) is 59.4 Å². The van der Waals surface area contributed by atoms with Crippen LogP contribution in [0.15, 0.2) is 42.6 Å². The number of hydrogen-bond donors (Lipinski definition) is 4. The van der Waals surface area contributed by atoms with Gasteiger partial charge in [0.05, 0.1) is 6.10 Å². The van der Waals surface area contributed by atoms with Crippen LogP contribution in [-0.2, 0) is 13.0 Å². The smallest absolute Gasteiger partial charge is 0.270 e. The van der Waals surface area contributed by atoms with Crippen LogP contribution in [0.5, 0.6) is 0 Å². The number of fused-ring (bicyclic) bond motifs is 1. The summed E-state index contributed by atoms with van der Waals surface area (Å²) in [4.78, 5) is 18.9. The first-order valence-corrected chi connectivity index (χ1v) is 10.9. The number of nitrogens with one attached hydrogen (secondary N) is 3.